The largest absolute Gasteiger partial charge is 0.388 e. The number of nitrogens with one attached hydrogen (secondary N) is 1. The predicted octanol–water partition coefficient (Wildman–Crippen LogP) is 1.47. The Labute approximate surface area is 114 Å². The zero-order valence-corrected chi connectivity index (χ0v) is 11.3. The molecule has 5 nitrogen and oxygen atoms in total. The van der Waals surface area contributed by atoms with Gasteiger partial charge in [-0.15, -0.1) is 0 Å². The molecule has 0 saturated heterocycles. The van der Waals surface area contributed by atoms with Gasteiger partial charge in [-0.2, -0.15) is 0 Å². The zero-order valence-electron chi connectivity index (χ0n) is 11.3. The Kier molecular flexibility index (Phi) is 4.96. The maximum atomic E-state index is 11.8. The summed E-state index contributed by atoms with van der Waals surface area (Å²) in [7, 11) is 0. The van der Waals surface area contributed by atoms with Gasteiger partial charge in [0.05, 0.1) is 11.9 Å². The fraction of sp³-hybridized carbons (Fsp3) is 0.714. The van der Waals surface area contributed by atoms with Gasteiger partial charge in [0.1, 0.15) is 0 Å². The summed E-state index contributed by atoms with van der Waals surface area (Å²) in [6.07, 6.45) is 11.8. The lowest BCUT2D eigenvalue weighted by Gasteiger charge is -2.26. The van der Waals surface area contributed by atoms with E-state index in [1.54, 1.807) is 12.5 Å². The minimum Gasteiger partial charge on any atom is -0.388 e. The minimum atomic E-state index is -0.693. The second kappa shape index (κ2) is 6.70. The first kappa shape index (κ1) is 14.1. The summed E-state index contributed by atoms with van der Waals surface area (Å²) < 4.78 is 1.87. The Balaban J connectivity index is 1.70. The van der Waals surface area contributed by atoms with Gasteiger partial charge in [-0.05, 0) is 12.8 Å². The Morgan fingerprint density at radius 2 is 2.05 bits per heavy atom. The van der Waals surface area contributed by atoms with E-state index in [9.17, 15) is 9.90 Å². The molecule has 1 aromatic rings. The molecule has 0 atom stereocenters. The fourth-order valence-corrected chi connectivity index (χ4v) is 2.56. The van der Waals surface area contributed by atoms with Crippen molar-refractivity contribution in [2.24, 2.45) is 0 Å². The van der Waals surface area contributed by atoms with Gasteiger partial charge in [0.25, 0.3) is 0 Å². The van der Waals surface area contributed by atoms with Crippen LogP contribution in [0.3, 0.4) is 0 Å². The molecule has 1 aliphatic rings. The molecule has 2 N–H and O–H groups in total. The monoisotopic (exact) mass is 265 g/mol. The van der Waals surface area contributed by atoms with Crippen molar-refractivity contribution in [1.82, 2.24) is 14.9 Å². The highest BCUT2D eigenvalue weighted by Crippen LogP contribution is 2.26. The summed E-state index contributed by atoms with van der Waals surface area (Å²) in [5, 5.41) is 13.3. The number of aryl methyl sites for hydroxylation is 1. The molecule has 0 spiro atoms. The van der Waals surface area contributed by atoms with E-state index in [-0.39, 0.29) is 5.91 Å². The molecule has 1 amide bonds. The maximum absolute atomic E-state index is 11.8. The van der Waals surface area contributed by atoms with E-state index < -0.39 is 5.60 Å². The van der Waals surface area contributed by atoms with Crippen molar-refractivity contribution in [1.29, 1.82) is 0 Å². The standard InChI is InChI=1S/C14H23N3O2/c18-13(5-9-17-10-8-15-12-17)16-11-14(19)6-3-1-2-4-7-14/h8,10,12,19H,1-7,9,11H2,(H,16,18). The topological polar surface area (TPSA) is 67.2 Å². The highest BCUT2D eigenvalue weighted by Gasteiger charge is 2.28. The van der Waals surface area contributed by atoms with Crippen molar-refractivity contribution in [3.8, 4) is 0 Å². The molecule has 19 heavy (non-hydrogen) atoms. The van der Waals surface area contributed by atoms with Crippen molar-refractivity contribution in [2.75, 3.05) is 6.54 Å². The molecule has 1 fully saturated rings. The van der Waals surface area contributed by atoms with Gasteiger partial charge in [-0.1, -0.05) is 25.7 Å². The number of carbonyl (C=O) groups excluding carboxylic acids is 1. The lowest BCUT2D eigenvalue weighted by atomic mass is 9.94. The van der Waals surface area contributed by atoms with Gasteiger partial charge in [0.15, 0.2) is 0 Å². The van der Waals surface area contributed by atoms with E-state index in [1.165, 1.54) is 12.8 Å². The van der Waals surface area contributed by atoms with Crippen LogP contribution in [0.1, 0.15) is 44.9 Å². The normalized spacial score (nSPS) is 18.8. The predicted molar refractivity (Wildman–Crippen MR) is 72.5 cm³/mol. The van der Waals surface area contributed by atoms with E-state index in [1.807, 2.05) is 10.8 Å². The number of hydrogen-bond donors (Lipinski definition) is 2. The highest BCUT2D eigenvalue weighted by molar-refractivity contribution is 5.75. The van der Waals surface area contributed by atoms with Crippen LogP contribution in [0.4, 0.5) is 0 Å². The molecular weight excluding hydrogens is 242 g/mol. The van der Waals surface area contributed by atoms with Gasteiger partial charge in [0.2, 0.25) is 5.91 Å². The van der Waals surface area contributed by atoms with E-state index >= 15 is 0 Å². The Bertz CT molecular complexity index is 381. The summed E-state index contributed by atoms with van der Waals surface area (Å²) in [4.78, 5) is 15.7. The van der Waals surface area contributed by atoms with E-state index in [0.717, 1.165) is 25.7 Å². The number of nitrogens with zero attached hydrogens (tertiary/aromatic N) is 2. The third-order valence-electron chi connectivity index (χ3n) is 3.81. The molecule has 2 rings (SSSR count). The van der Waals surface area contributed by atoms with Gasteiger partial charge >= 0.3 is 0 Å². The molecule has 1 aromatic heterocycles. The average Bonchev–Trinajstić information content (AvgIpc) is 2.83. The first-order valence-corrected chi connectivity index (χ1v) is 7.13. The third kappa shape index (κ3) is 4.67. The fourth-order valence-electron chi connectivity index (χ4n) is 2.56. The number of aromatic nitrogens is 2. The van der Waals surface area contributed by atoms with Crippen LogP contribution in [0.15, 0.2) is 18.7 Å². The molecule has 1 saturated carbocycles. The second-order valence-corrected chi connectivity index (χ2v) is 5.47. The van der Waals surface area contributed by atoms with E-state index in [0.29, 0.717) is 19.5 Å². The quantitative estimate of drug-likeness (QED) is 0.792. The Morgan fingerprint density at radius 3 is 2.68 bits per heavy atom. The van der Waals surface area contributed by atoms with Gasteiger partial charge in [-0.3, -0.25) is 4.79 Å². The molecular formula is C14H23N3O2. The van der Waals surface area contributed by atoms with Crippen molar-refractivity contribution >= 4 is 5.91 Å². The van der Waals surface area contributed by atoms with Crippen LogP contribution in [0.2, 0.25) is 0 Å². The smallest absolute Gasteiger partial charge is 0.221 e. The molecule has 0 aromatic carbocycles. The summed E-state index contributed by atoms with van der Waals surface area (Å²) in [6.45, 7) is 1.01. The molecule has 5 heteroatoms. The molecule has 0 unspecified atom stereocenters. The van der Waals surface area contributed by atoms with Crippen LogP contribution in [-0.2, 0) is 11.3 Å². The Hall–Kier alpha value is -1.36. The molecule has 106 valence electrons. The molecule has 1 heterocycles. The number of rotatable bonds is 5. The first-order valence-electron chi connectivity index (χ1n) is 7.13. The lowest BCUT2D eigenvalue weighted by molar-refractivity contribution is -0.122. The number of amides is 1. The van der Waals surface area contributed by atoms with Crippen molar-refractivity contribution in [3.63, 3.8) is 0 Å². The van der Waals surface area contributed by atoms with Crippen LogP contribution in [0.25, 0.3) is 0 Å². The summed E-state index contributed by atoms with van der Waals surface area (Å²) in [5.74, 6) is -0.00799. The summed E-state index contributed by atoms with van der Waals surface area (Å²) in [5.41, 5.74) is -0.693. The molecule has 0 bridgehead atoms. The zero-order chi connectivity index (χ0) is 13.6. The summed E-state index contributed by atoms with van der Waals surface area (Å²) in [6, 6.07) is 0. The maximum Gasteiger partial charge on any atom is 0.221 e. The number of hydrogen-bond acceptors (Lipinski definition) is 3. The van der Waals surface area contributed by atoms with Crippen LogP contribution >= 0.6 is 0 Å². The lowest BCUT2D eigenvalue weighted by Crippen LogP contribution is -2.42. The van der Waals surface area contributed by atoms with Crippen molar-refractivity contribution < 1.29 is 9.90 Å². The van der Waals surface area contributed by atoms with Gasteiger partial charge < -0.3 is 15.0 Å². The number of carbonyl (C=O) groups is 1. The number of aliphatic hydroxyl groups is 1. The van der Waals surface area contributed by atoms with Gasteiger partial charge in [-0.25, -0.2) is 4.98 Å². The average molecular weight is 265 g/mol. The van der Waals surface area contributed by atoms with Crippen LogP contribution < -0.4 is 5.32 Å². The summed E-state index contributed by atoms with van der Waals surface area (Å²) >= 11 is 0. The molecule has 1 aliphatic carbocycles. The van der Waals surface area contributed by atoms with Crippen LogP contribution in [0.5, 0.6) is 0 Å². The van der Waals surface area contributed by atoms with Gasteiger partial charge in [0, 0.05) is 31.9 Å². The molecule has 0 aliphatic heterocycles. The Morgan fingerprint density at radius 1 is 1.32 bits per heavy atom. The van der Waals surface area contributed by atoms with Crippen molar-refractivity contribution in [3.05, 3.63) is 18.7 Å². The van der Waals surface area contributed by atoms with Crippen LogP contribution in [0, 0.1) is 0 Å². The first-order chi connectivity index (χ1) is 9.18. The van der Waals surface area contributed by atoms with Crippen molar-refractivity contribution in [2.45, 2.75) is 57.1 Å². The van der Waals surface area contributed by atoms with E-state index in [2.05, 4.69) is 10.3 Å². The van der Waals surface area contributed by atoms with E-state index in [4.69, 9.17) is 0 Å². The molecule has 0 radical (unpaired) electrons. The minimum absolute atomic E-state index is 0.00799. The SMILES string of the molecule is O=C(CCn1ccnc1)NCC1(O)CCCCCC1. The third-order valence-corrected chi connectivity index (χ3v) is 3.81. The highest BCUT2D eigenvalue weighted by atomic mass is 16.3. The number of imidazole rings is 1. The van der Waals surface area contributed by atoms with Crippen LogP contribution in [-0.4, -0.2) is 32.7 Å². The second-order valence-electron chi connectivity index (χ2n) is 5.47.